The molecule has 2 aromatic rings. The summed E-state index contributed by atoms with van der Waals surface area (Å²) in [7, 11) is 0. The second-order valence-electron chi connectivity index (χ2n) is 7.29. The number of halogens is 2. The number of piperazine rings is 1. The average molecular weight is 417 g/mol. The van der Waals surface area contributed by atoms with E-state index in [0.29, 0.717) is 31.7 Å². The number of ether oxygens (including phenoxy) is 1. The van der Waals surface area contributed by atoms with Crippen molar-refractivity contribution in [2.24, 2.45) is 0 Å². The molecule has 6 nitrogen and oxygen atoms in total. The highest BCUT2D eigenvalue weighted by atomic mass is 19.3. The van der Waals surface area contributed by atoms with Crippen molar-refractivity contribution >= 4 is 17.5 Å². The Labute approximate surface area is 174 Å². The number of carbonyl (C=O) groups is 2. The normalized spacial score (nSPS) is 14.6. The zero-order valence-corrected chi connectivity index (χ0v) is 17.0. The van der Waals surface area contributed by atoms with Crippen molar-refractivity contribution in [1.29, 1.82) is 0 Å². The first-order valence-corrected chi connectivity index (χ1v) is 9.76. The minimum atomic E-state index is -2.94. The van der Waals surface area contributed by atoms with E-state index >= 15 is 0 Å². The number of hydrogen-bond acceptors (Lipinski definition) is 4. The fourth-order valence-electron chi connectivity index (χ4n) is 3.49. The maximum atomic E-state index is 12.7. The number of anilines is 1. The van der Waals surface area contributed by atoms with E-state index in [1.54, 1.807) is 11.0 Å². The largest absolute Gasteiger partial charge is 0.435 e. The molecule has 1 N–H and O–H groups in total. The number of rotatable bonds is 6. The third-order valence-electron chi connectivity index (χ3n) is 5.08. The lowest BCUT2D eigenvalue weighted by atomic mass is 10.1. The maximum Gasteiger partial charge on any atom is 0.387 e. The van der Waals surface area contributed by atoms with Crippen LogP contribution in [-0.4, -0.2) is 60.9 Å². The lowest BCUT2D eigenvalue weighted by Crippen LogP contribution is -2.50. The van der Waals surface area contributed by atoms with Gasteiger partial charge in [0, 0.05) is 37.4 Å². The highest BCUT2D eigenvalue weighted by Gasteiger charge is 2.24. The van der Waals surface area contributed by atoms with Crippen molar-refractivity contribution in [1.82, 2.24) is 9.80 Å². The predicted octanol–water partition coefficient (Wildman–Crippen LogP) is 3.30. The van der Waals surface area contributed by atoms with Crippen LogP contribution < -0.4 is 10.1 Å². The van der Waals surface area contributed by atoms with E-state index in [-0.39, 0.29) is 24.1 Å². The molecular weight excluding hydrogens is 392 g/mol. The molecule has 0 unspecified atom stereocenters. The fraction of sp³-hybridized carbons (Fsp3) is 0.364. The third-order valence-corrected chi connectivity index (χ3v) is 5.08. The number of aryl methyl sites for hydroxylation is 2. The van der Waals surface area contributed by atoms with Crippen LogP contribution in [0.1, 0.15) is 21.5 Å². The molecule has 1 saturated heterocycles. The van der Waals surface area contributed by atoms with Gasteiger partial charge in [0.15, 0.2) is 0 Å². The van der Waals surface area contributed by atoms with Gasteiger partial charge in [0.25, 0.3) is 5.91 Å². The van der Waals surface area contributed by atoms with Gasteiger partial charge in [0.2, 0.25) is 5.91 Å². The van der Waals surface area contributed by atoms with Gasteiger partial charge in [-0.05, 0) is 43.2 Å². The average Bonchev–Trinajstić information content (AvgIpc) is 2.70. The van der Waals surface area contributed by atoms with Gasteiger partial charge >= 0.3 is 6.61 Å². The van der Waals surface area contributed by atoms with Crippen molar-refractivity contribution in [3.8, 4) is 5.75 Å². The van der Waals surface area contributed by atoms with Gasteiger partial charge in [-0.15, -0.1) is 0 Å². The number of amides is 2. The van der Waals surface area contributed by atoms with Crippen molar-refractivity contribution in [2.75, 3.05) is 38.0 Å². The number of hydrogen-bond donors (Lipinski definition) is 1. The minimum Gasteiger partial charge on any atom is -0.435 e. The zero-order chi connectivity index (χ0) is 21.7. The van der Waals surface area contributed by atoms with Gasteiger partial charge in [-0.25, -0.2) is 0 Å². The van der Waals surface area contributed by atoms with Crippen molar-refractivity contribution in [3.05, 3.63) is 59.2 Å². The summed E-state index contributed by atoms with van der Waals surface area (Å²) in [6, 6.07) is 11.6. The Morgan fingerprint density at radius 2 is 1.67 bits per heavy atom. The Bertz CT molecular complexity index is 892. The number of para-hydroxylation sites is 1. The highest BCUT2D eigenvalue weighted by molar-refractivity contribution is 5.95. The second kappa shape index (κ2) is 9.67. The van der Waals surface area contributed by atoms with Crippen molar-refractivity contribution < 1.29 is 23.1 Å². The molecule has 2 aromatic carbocycles. The molecule has 1 aliphatic rings. The molecule has 1 fully saturated rings. The summed E-state index contributed by atoms with van der Waals surface area (Å²) < 4.78 is 29.1. The van der Waals surface area contributed by atoms with Crippen LogP contribution >= 0.6 is 0 Å². The van der Waals surface area contributed by atoms with E-state index in [9.17, 15) is 18.4 Å². The van der Waals surface area contributed by atoms with Crippen LogP contribution in [0.25, 0.3) is 0 Å². The first-order valence-electron chi connectivity index (χ1n) is 9.76. The van der Waals surface area contributed by atoms with E-state index in [4.69, 9.17) is 0 Å². The molecule has 0 bridgehead atoms. The Morgan fingerprint density at radius 3 is 2.30 bits per heavy atom. The van der Waals surface area contributed by atoms with Crippen LogP contribution in [0.3, 0.4) is 0 Å². The summed E-state index contributed by atoms with van der Waals surface area (Å²) in [6.45, 7) is 3.23. The van der Waals surface area contributed by atoms with Gasteiger partial charge in [-0.3, -0.25) is 14.5 Å². The van der Waals surface area contributed by atoms with E-state index in [0.717, 1.165) is 16.8 Å². The standard InChI is InChI=1S/C22H25F2N3O3/c1-15-5-3-6-16(2)20(15)25-19(28)14-26-9-11-27(12-10-26)21(29)17-7-4-8-18(13-17)30-22(23)24/h3-8,13,22H,9-12,14H2,1-2H3,(H,25,28). The van der Waals surface area contributed by atoms with Crippen LogP contribution in [-0.2, 0) is 4.79 Å². The molecule has 1 aliphatic heterocycles. The number of nitrogens with one attached hydrogen (secondary N) is 1. The Morgan fingerprint density at radius 1 is 1.03 bits per heavy atom. The van der Waals surface area contributed by atoms with Gasteiger partial charge in [0.1, 0.15) is 5.75 Å². The quantitative estimate of drug-likeness (QED) is 0.784. The number of nitrogens with zero attached hydrogens (tertiary/aromatic N) is 2. The molecule has 8 heteroatoms. The second-order valence-corrected chi connectivity index (χ2v) is 7.29. The van der Waals surface area contributed by atoms with Crippen LogP contribution in [0, 0.1) is 13.8 Å². The minimum absolute atomic E-state index is 0.0438. The van der Waals surface area contributed by atoms with Gasteiger partial charge in [-0.2, -0.15) is 8.78 Å². The monoisotopic (exact) mass is 417 g/mol. The molecule has 0 aliphatic carbocycles. The Hall–Kier alpha value is -3.00. The molecule has 0 saturated carbocycles. The first-order chi connectivity index (χ1) is 14.3. The molecule has 0 aromatic heterocycles. The van der Waals surface area contributed by atoms with Crippen molar-refractivity contribution in [2.45, 2.75) is 20.5 Å². The van der Waals surface area contributed by atoms with Crippen LogP contribution in [0.2, 0.25) is 0 Å². The summed E-state index contributed by atoms with van der Waals surface area (Å²) >= 11 is 0. The van der Waals surface area contributed by atoms with E-state index < -0.39 is 6.61 Å². The summed E-state index contributed by atoms with van der Waals surface area (Å²) in [6.07, 6.45) is 0. The summed E-state index contributed by atoms with van der Waals surface area (Å²) in [5, 5.41) is 2.97. The maximum absolute atomic E-state index is 12.7. The molecule has 1 heterocycles. The first kappa shape index (κ1) is 21.7. The van der Waals surface area contributed by atoms with Crippen LogP contribution in [0.15, 0.2) is 42.5 Å². The molecule has 3 rings (SSSR count). The van der Waals surface area contributed by atoms with Crippen LogP contribution in [0.4, 0.5) is 14.5 Å². The number of benzene rings is 2. The Balaban J connectivity index is 1.52. The molecule has 0 radical (unpaired) electrons. The van der Waals surface area contributed by atoms with Gasteiger partial charge in [0.05, 0.1) is 6.54 Å². The molecule has 2 amide bonds. The summed E-state index contributed by atoms with van der Waals surface area (Å²) in [5.74, 6) is -0.379. The topological polar surface area (TPSA) is 61.9 Å². The van der Waals surface area contributed by atoms with E-state index in [1.165, 1.54) is 18.2 Å². The van der Waals surface area contributed by atoms with Crippen LogP contribution in [0.5, 0.6) is 5.75 Å². The predicted molar refractivity (Wildman–Crippen MR) is 110 cm³/mol. The molecule has 160 valence electrons. The zero-order valence-electron chi connectivity index (χ0n) is 17.0. The molecule has 30 heavy (non-hydrogen) atoms. The number of alkyl halides is 2. The number of carbonyl (C=O) groups excluding carboxylic acids is 2. The van der Waals surface area contributed by atoms with Gasteiger partial charge < -0.3 is 15.0 Å². The summed E-state index contributed by atoms with van der Waals surface area (Å²) in [5.41, 5.74) is 3.16. The third kappa shape index (κ3) is 5.54. The Kier molecular flexibility index (Phi) is 6.99. The van der Waals surface area contributed by atoms with E-state index in [1.807, 2.05) is 36.9 Å². The van der Waals surface area contributed by atoms with Crippen molar-refractivity contribution in [3.63, 3.8) is 0 Å². The smallest absolute Gasteiger partial charge is 0.387 e. The lowest BCUT2D eigenvalue weighted by molar-refractivity contribution is -0.117. The lowest BCUT2D eigenvalue weighted by Gasteiger charge is -2.34. The SMILES string of the molecule is Cc1cccc(C)c1NC(=O)CN1CCN(C(=O)c2cccc(OC(F)F)c2)CC1. The van der Waals surface area contributed by atoms with Gasteiger partial charge in [-0.1, -0.05) is 24.3 Å². The molecular formula is C22H25F2N3O3. The highest BCUT2D eigenvalue weighted by Crippen LogP contribution is 2.20. The molecule has 0 spiro atoms. The molecule has 0 atom stereocenters. The van der Waals surface area contributed by atoms with E-state index in [2.05, 4.69) is 10.1 Å². The fourth-order valence-corrected chi connectivity index (χ4v) is 3.49. The summed E-state index contributed by atoms with van der Waals surface area (Å²) in [4.78, 5) is 28.8.